The third kappa shape index (κ3) is 3.74. The molecule has 1 aromatic rings. The van der Waals surface area contributed by atoms with E-state index in [2.05, 4.69) is 36.5 Å². The van der Waals surface area contributed by atoms with Crippen molar-refractivity contribution in [3.63, 3.8) is 0 Å². The van der Waals surface area contributed by atoms with Crippen molar-refractivity contribution < 1.29 is 4.74 Å². The highest BCUT2D eigenvalue weighted by molar-refractivity contribution is 5.51. The minimum absolute atomic E-state index is 0.657. The lowest BCUT2D eigenvalue weighted by Gasteiger charge is -2.28. The predicted octanol–water partition coefficient (Wildman–Crippen LogP) is 3.87. The van der Waals surface area contributed by atoms with Gasteiger partial charge in [-0.15, -0.1) is 0 Å². The second-order valence-corrected chi connectivity index (χ2v) is 5.50. The van der Waals surface area contributed by atoms with E-state index in [-0.39, 0.29) is 0 Å². The number of nitrogens with one attached hydrogen (secondary N) is 1. The Kier molecular flexibility index (Phi) is 5.06. The first-order valence-electron chi connectivity index (χ1n) is 7.13. The van der Waals surface area contributed by atoms with Crippen LogP contribution in [-0.4, -0.2) is 19.8 Å². The summed E-state index contributed by atoms with van der Waals surface area (Å²) in [5.74, 6) is 0.909. The van der Waals surface area contributed by atoms with E-state index in [4.69, 9.17) is 4.74 Å². The molecule has 0 bridgehead atoms. The van der Waals surface area contributed by atoms with Crippen LogP contribution in [0.5, 0.6) is 0 Å². The lowest BCUT2D eigenvalue weighted by molar-refractivity contribution is 0.202. The van der Waals surface area contributed by atoms with Crippen LogP contribution in [0, 0.1) is 5.92 Å². The molecule has 0 unspecified atom stereocenters. The Morgan fingerprint density at radius 3 is 2.61 bits per heavy atom. The average Bonchev–Trinajstić information content (AvgIpc) is 2.40. The highest BCUT2D eigenvalue weighted by Crippen LogP contribution is 2.27. The molecular weight excluding hydrogens is 222 g/mol. The fourth-order valence-electron chi connectivity index (χ4n) is 2.72. The minimum Gasteiger partial charge on any atom is -0.384 e. The van der Waals surface area contributed by atoms with Crippen molar-refractivity contribution in [3.05, 3.63) is 29.8 Å². The Bertz CT molecular complexity index is 356. The van der Waals surface area contributed by atoms with E-state index >= 15 is 0 Å². The first-order valence-corrected chi connectivity index (χ1v) is 7.13. The average molecular weight is 247 g/mol. The smallest absolute Gasteiger partial charge is 0.0503 e. The Hall–Kier alpha value is -1.02. The van der Waals surface area contributed by atoms with E-state index in [9.17, 15) is 0 Å². The summed E-state index contributed by atoms with van der Waals surface area (Å²) in [5, 5.41) is 3.72. The third-order valence-electron chi connectivity index (χ3n) is 3.97. The molecule has 0 radical (unpaired) electrons. The quantitative estimate of drug-likeness (QED) is 0.853. The van der Waals surface area contributed by atoms with Crippen LogP contribution < -0.4 is 5.32 Å². The summed E-state index contributed by atoms with van der Waals surface area (Å²) in [5.41, 5.74) is 2.67. The van der Waals surface area contributed by atoms with Crippen LogP contribution in [0.4, 0.5) is 5.69 Å². The van der Waals surface area contributed by atoms with Crippen LogP contribution in [0.3, 0.4) is 0 Å². The first-order chi connectivity index (χ1) is 8.79. The maximum Gasteiger partial charge on any atom is 0.0503 e. The number of anilines is 1. The number of hydrogen-bond donors (Lipinski definition) is 1. The van der Waals surface area contributed by atoms with Gasteiger partial charge >= 0.3 is 0 Å². The molecule has 1 saturated carbocycles. The standard InChI is InChI=1S/C16H25NO/c1-13-7-9-15(10-8-13)17-16-6-4-3-5-14(16)11-12-18-2/h3-6,13,15,17H,7-12H2,1-2H3. The molecule has 0 aromatic heterocycles. The van der Waals surface area contributed by atoms with E-state index in [1.165, 1.54) is 36.9 Å². The number of rotatable bonds is 5. The van der Waals surface area contributed by atoms with Crippen molar-refractivity contribution in [2.24, 2.45) is 5.92 Å². The number of ether oxygens (including phenoxy) is 1. The zero-order chi connectivity index (χ0) is 12.8. The van der Waals surface area contributed by atoms with Crippen molar-refractivity contribution in [2.45, 2.75) is 45.1 Å². The number of hydrogen-bond acceptors (Lipinski definition) is 2. The SMILES string of the molecule is COCCc1ccccc1NC1CCC(C)CC1. The fourth-order valence-corrected chi connectivity index (χ4v) is 2.72. The molecule has 2 heteroatoms. The highest BCUT2D eigenvalue weighted by Gasteiger charge is 2.18. The van der Waals surface area contributed by atoms with Crippen LogP contribution in [0.15, 0.2) is 24.3 Å². The summed E-state index contributed by atoms with van der Waals surface area (Å²) in [6.45, 7) is 3.16. The zero-order valence-electron chi connectivity index (χ0n) is 11.6. The first kappa shape index (κ1) is 13.4. The molecule has 0 heterocycles. The minimum atomic E-state index is 0.657. The largest absolute Gasteiger partial charge is 0.384 e. The second-order valence-electron chi connectivity index (χ2n) is 5.50. The van der Waals surface area contributed by atoms with Crippen molar-refractivity contribution in [3.8, 4) is 0 Å². The van der Waals surface area contributed by atoms with Gasteiger partial charge in [-0.05, 0) is 49.7 Å². The van der Waals surface area contributed by atoms with E-state index in [0.29, 0.717) is 6.04 Å². The van der Waals surface area contributed by atoms with Crippen LogP contribution in [0.2, 0.25) is 0 Å². The normalized spacial score (nSPS) is 23.9. The fraction of sp³-hybridized carbons (Fsp3) is 0.625. The van der Waals surface area contributed by atoms with Crippen LogP contribution >= 0.6 is 0 Å². The summed E-state index contributed by atoms with van der Waals surface area (Å²) in [6, 6.07) is 9.28. The van der Waals surface area contributed by atoms with Gasteiger partial charge in [0.15, 0.2) is 0 Å². The van der Waals surface area contributed by atoms with Crippen molar-refractivity contribution in [1.29, 1.82) is 0 Å². The molecule has 0 amide bonds. The van der Waals surface area contributed by atoms with Gasteiger partial charge < -0.3 is 10.1 Å². The molecule has 2 rings (SSSR count). The molecule has 0 atom stereocenters. The number of benzene rings is 1. The number of para-hydroxylation sites is 1. The molecule has 100 valence electrons. The topological polar surface area (TPSA) is 21.3 Å². The Labute approximate surface area is 111 Å². The van der Waals surface area contributed by atoms with Gasteiger partial charge in [0.25, 0.3) is 0 Å². The molecule has 1 aliphatic carbocycles. The maximum atomic E-state index is 5.18. The molecule has 0 saturated heterocycles. The van der Waals surface area contributed by atoms with E-state index in [1.54, 1.807) is 7.11 Å². The number of methoxy groups -OCH3 is 1. The highest BCUT2D eigenvalue weighted by atomic mass is 16.5. The Balaban J connectivity index is 1.95. The molecule has 0 aliphatic heterocycles. The van der Waals surface area contributed by atoms with Gasteiger partial charge in [-0.25, -0.2) is 0 Å². The summed E-state index contributed by atoms with van der Waals surface area (Å²) in [7, 11) is 1.76. The summed E-state index contributed by atoms with van der Waals surface area (Å²) >= 11 is 0. The van der Waals surface area contributed by atoms with Gasteiger partial charge in [-0.3, -0.25) is 0 Å². The Morgan fingerprint density at radius 1 is 1.17 bits per heavy atom. The predicted molar refractivity (Wildman–Crippen MR) is 77.1 cm³/mol. The second kappa shape index (κ2) is 6.79. The summed E-state index contributed by atoms with van der Waals surface area (Å²) in [6.07, 6.45) is 6.32. The molecular formula is C16H25NO. The van der Waals surface area contributed by atoms with Gasteiger partial charge in [-0.1, -0.05) is 25.1 Å². The van der Waals surface area contributed by atoms with Crippen LogP contribution in [0.1, 0.15) is 38.2 Å². The van der Waals surface area contributed by atoms with Crippen molar-refractivity contribution in [2.75, 3.05) is 19.0 Å². The van der Waals surface area contributed by atoms with Gasteiger partial charge in [0.1, 0.15) is 0 Å². The summed E-state index contributed by atoms with van der Waals surface area (Å²) < 4.78 is 5.18. The lowest BCUT2D eigenvalue weighted by atomic mass is 9.87. The van der Waals surface area contributed by atoms with E-state index in [0.717, 1.165) is 18.9 Å². The lowest BCUT2D eigenvalue weighted by Crippen LogP contribution is -2.25. The third-order valence-corrected chi connectivity index (χ3v) is 3.97. The van der Waals surface area contributed by atoms with Crippen LogP contribution in [-0.2, 0) is 11.2 Å². The van der Waals surface area contributed by atoms with E-state index < -0.39 is 0 Å². The molecule has 1 aliphatic rings. The monoisotopic (exact) mass is 247 g/mol. The maximum absolute atomic E-state index is 5.18. The molecule has 2 nitrogen and oxygen atoms in total. The van der Waals surface area contributed by atoms with Gasteiger partial charge in [0, 0.05) is 18.8 Å². The molecule has 0 spiro atoms. The van der Waals surface area contributed by atoms with Crippen molar-refractivity contribution in [1.82, 2.24) is 0 Å². The molecule has 18 heavy (non-hydrogen) atoms. The zero-order valence-corrected chi connectivity index (χ0v) is 11.6. The molecule has 1 N–H and O–H groups in total. The van der Waals surface area contributed by atoms with Crippen LogP contribution in [0.25, 0.3) is 0 Å². The molecule has 1 aromatic carbocycles. The van der Waals surface area contributed by atoms with Crippen molar-refractivity contribution >= 4 is 5.69 Å². The Morgan fingerprint density at radius 2 is 1.89 bits per heavy atom. The molecule has 1 fully saturated rings. The van der Waals surface area contributed by atoms with Gasteiger partial charge in [0.2, 0.25) is 0 Å². The van der Waals surface area contributed by atoms with Gasteiger partial charge in [-0.2, -0.15) is 0 Å². The van der Waals surface area contributed by atoms with E-state index in [1.807, 2.05) is 0 Å². The van der Waals surface area contributed by atoms with Gasteiger partial charge in [0.05, 0.1) is 6.61 Å². The summed E-state index contributed by atoms with van der Waals surface area (Å²) in [4.78, 5) is 0.